The van der Waals surface area contributed by atoms with Gasteiger partial charge in [-0.3, -0.25) is 15.6 Å². The first-order valence-corrected chi connectivity index (χ1v) is 8.62. The SMILES string of the molecule is CC(C)c1ccc(OCC(=O)NC2CCC3NNCC3C2)cc1. The molecule has 1 heterocycles. The quantitative estimate of drug-likeness (QED) is 0.777. The highest BCUT2D eigenvalue weighted by atomic mass is 16.5. The van der Waals surface area contributed by atoms with Crippen LogP contribution in [-0.4, -0.2) is 31.1 Å². The summed E-state index contributed by atoms with van der Waals surface area (Å²) in [5.41, 5.74) is 7.79. The molecule has 0 radical (unpaired) electrons. The molecule has 3 rings (SSSR count). The van der Waals surface area contributed by atoms with Crippen LogP contribution in [0.4, 0.5) is 0 Å². The van der Waals surface area contributed by atoms with Crippen molar-refractivity contribution in [3.05, 3.63) is 29.8 Å². The van der Waals surface area contributed by atoms with Crippen molar-refractivity contribution in [2.24, 2.45) is 5.92 Å². The minimum Gasteiger partial charge on any atom is -0.484 e. The zero-order valence-corrected chi connectivity index (χ0v) is 14.0. The lowest BCUT2D eigenvalue weighted by atomic mass is 9.83. The Labute approximate surface area is 138 Å². The first-order chi connectivity index (χ1) is 11.1. The van der Waals surface area contributed by atoms with Gasteiger partial charge >= 0.3 is 0 Å². The maximum atomic E-state index is 12.1. The number of hydrazine groups is 1. The average Bonchev–Trinajstić information content (AvgIpc) is 3.01. The van der Waals surface area contributed by atoms with Gasteiger partial charge < -0.3 is 10.1 Å². The van der Waals surface area contributed by atoms with Gasteiger partial charge in [0.1, 0.15) is 5.75 Å². The van der Waals surface area contributed by atoms with E-state index in [0.29, 0.717) is 17.9 Å². The van der Waals surface area contributed by atoms with Crippen molar-refractivity contribution in [3.8, 4) is 5.75 Å². The molecule has 2 fully saturated rings. The predicted molar refractivity (Wildman–Crippen MR) is 90.2 cm³/mol. The van der Waals surface area contributed by atoms with Crippen molar-refractivity contribution in [2.45, 2.75) is 51.1 Å². The van der Waals surface area contributed by atoms with Crippen LogP contribution in [0.1, 0.15) is 44.6 Å². The highest BCUT2D eigenvalue weighted by Gasteiger charge is 2.34. The molecule has 1 aliphatic heterocycles. The Kier molecular flexibility index (Phi) is 5.18. The molecule has 0 bridgehead atoms. The number of hydrogen-bond donors (Lipinski definition) is 3. The fourth-order valence-electron chi connectivity index (χ4n) is 3.50. The van der Waals surface area contributed by atoms with Crippen LogP contribution >= 0.6 is 0 Å². The van der Waals surface area contributed by atoms with Crippen LogP contribution in [-0.2, 0) is 4.79 Å². The van der Waals surface area contributed by atoms with Gasteiger partial charge in [0.25, 0.3) is 5.91 Å². The zero-order valence-electron chi connectivity index (χ0n) is 14.0. The number of ether oxygens (including phenoxy) is 1. The molecule has 1 amide bonds. The fourth-order valence-corrected chi connectivity index (χ4v) is 3.50. The summed E-state index contributed by atoms with van der Waals surface area (Å²) in [6, 6.07) is 8.82. The maximum Gasteiger partial charge on any atom is 0.258 e. The van der Waals surface area contributed by atoms with Crippen molar-refractivity contribution >= 4 is 5.91 Å². The Morgan fingerprint density at radius 3 is 2.83 bits per heavy atom. The molecule has 5 nitrogen and oxygen atoms in total. The minimum absolute atomic E-state index is 0.0275. The van der Waals surface area contributed by atoms with Crippen LogP contribution in [0.3, 0.4) is 0 Å². The monoisotopic (exact) mass is 317 g/mol. The summed E-state index contributed by atoms with van der Waals surface area (Å²) in [5, 5.41) is 3.11. The van der Waals surface area contributed by atoms with Crippen molar-refractivity contribution < 1.29 is 9.53 Å². The Morgan fingerprint density at radius 2 is 2.09 bits per heavy atom. The Bertz CT molecular complexity index is 530. The number of benzene rings is 1. The molecule has 0 spiro atoms. The van der Waals surface area contributed by atoms with E-state index in [0.717, 1.165) is 31.6 Å². The summed E-state index contributed by atoms with van der Waals surface area (Å²) in [5.74, 6) is 1.85. The molecule has 3 atom stereocenters. The van der Waals surface area contributed by atoms with Gasteiger partial charge in [-0.25, -0.2) is 0 Å². The molecule has 3 unspecified atom stereocenters. The Morgan fingerprint density at radius 1 is 1.30 bits per heavy atom. The van der Waals surface area contributed by atoms with Crippen molar-refractivity contribution in [2.75, 3.05) is 13.2 Å². The van der Waals surface area contributed by atoms with Crippen LogP contribution in [0.5, 0.6) is 5.75 Å². The number of rotatable bonds is 5. The van der Waals surface area contributed by atoms with E-state index in [2.05, 4.69) is 42.1 Å². The second-order valence-electron chi connectivity index (χ2n) is 6.98. The lowest BCUT2D eigenvalue weighted by Gasteiger charge is -2.31. The molecule has 2 aliphatic rings. The molecule has 1 saturated carbocycles. The maximum absolute atomic E-state index is 12.1. The van der Waals surface area contributed by atoms with Crippen molar-refractivity contribution in [1.29, 1.82) is 0 Å². The van der Waals surface area contributed by atoms with Gasteiger partial charge in [-0.2, -0.15) is 0 Å². The Hall–Kier alpha value is -1.59. The van der Waals surface area contributed by atoms with Crippen LogP contribution in [0, 0.1) is 5.92 Å². The zero-order chi connectivity index (χ0) is 16.2. The second kappa shape index (κ2) is 7.32. The smallest absolute Gasteiger partial charge is 0.258 e. The first-order valence-electron chi connectivity index (χ1n) is 8.62. The third kappa shape index (κ3) is 4.24. The minimum atomic E-state index is -0.0275. The molecule has 1 aromatic carbocycles. The number of fused-ring (bicyclic) bond motifs is 1. The summed E-state index contributed by atoms with van der Waals surface area (Å²) >= 11 is 0. The molecule has 5 heteroatoms. The number of carbonyl (C=O) groups is 1. The molecule has 1 aliphatic carbocycles. The summed E-state index contributed by atoms with van der Waals surface area (Å²) in [6.45, 7) is 5.40. The van der Waals surface area contributed by atoms with E-state index in [1.54, 1.807) is 0 Å². The van der Waals surface area contributed by atoms with Gasteiger partial charge in [-0.05, 0) is 48.8 Å². The number of hydrogen-bond acceptors (Lipinski definition) is 4. The highest BCUT2D eigenvalue weighted by molar-refractivity contribution is 5.77. The van der Waals surface area contributed by atoms with E-state index < -0.39 is 0 Å². The molecule has 1 aromatic rings. The van der Waals surface area contributed by atoms with E-state index in [9.17, 15) is 4.79 Å². The normalized spacial score (nSPS) is 26.8. The van der Waals surface area contributed by atoms with E-state index in [1.807, 2.05) is 12.1 Å². The van der Waals surface area contributed by atoms with Crippen LogP contribution in [0.15, 0.2) is 24.3 Å². The van der Waals surface area contributed by atoms with Gasteiger partial charge in [-0.1, -0.05) is 26.0 Å². The van der Waals surface area contributed by atoms with E-state index in [4.69, 9.17) is 4.74 Å². The molecular formula is C18H27N3O2. The van der Waals surface area contributed by atoms with Gasteiger partial charge in [0.2, 0.25) is 0 Å². The van der Waals surface area contributed by atoms with Gasteiger partial charge in [0.05, 0.1) is 0 Å². The highest BCUT2D eigenvalue weighted by Crippen LogP contribution is 2.26. The summed E-state index contributed by atoms with van der Waals surface area (Å²) in [4.78, 5) is 12.1. The molecular weight excluding hydrogens is 290 g/mol. The largest absolute Gasteiger partial charge is 0.484 e. The van der Waals surface area contributed by atoms with Crippen LogP contribution in [0.2, 0.25) is 0 Å². The second-order valence-corrected chi connectivity index (χ2v) is 6.98. The standard InChI is InChI=1S/C18H27N3O2/c1-12(2)13-3-6-16(7-4-13)23-11-18(22)20-15-5-8-17-14(9-15)10-19-21-17/h3-4,6-7,12,14-15,17,19,21H,5,8-11H2,1-2H3,(H,20,22). The lowest BCUT2D eigenvalue weighted by Crippen LogP contribution is -2.45. The third-order valence-corrected chi connectivity index (χ3v) is 4.92. The van der Waals surface area contributed by atoms with E-state index >= 15 is 0 Å². The fraction of sp³-hybridized carbons (Fsp3) is 0.611. The summed E-state index contributed by atoms with van der Waals surface area (Å²) in [7, 11) is 0. The van der Waals surface area contributed by atoms with E-state index in [1.165, 1.54) is 5.56 Å². The average molecular weight is 317 g/mol. The topological polar surface area (TPSA) is 62.4 Å². The summed E-state index contributed by atoms with van der Waals surface area (Å²) in [6.07, 6.45) is 3.18. The predicted octanol–water partition coefficient (Wildman–Crippen LogP) is 1.95. The van der Waals surface area contributed by atoms with Crippen LogP contribution in [0.25, 0.3) is 0 Å². The van der Waals surface area contributed by atoms with Crippen molar-refractivity contribution in [1.82, 2.24) is 16.2 Å². The van der Waals surface area contributed by atoms with Gasteiger partial charge in [0.15, 0.2) is 6.61 Å². The number of amides is 1. The van der Waals surface area contributed by atoms with Gasteiger partial charge in [-0.15, -0.1) is 0 Å². The van der Waals surface area contributed by atoms with Crippen molar-refractivity contribution in [3.63, 3.8) is 0 Å². The lowest BCUT2D eigenvalue weighted by molar-refractivity contribution is -0.124. The number of nitrogens with one attached hydrogen (secondary N) is 3. The molecule has 1 saturated heterocycles. The molecule has 23 heavy (non-hydrogen) atoms. The van der Waals surface area contributed by atoms with Gasteiger partial charge in [0, 0.05) is 18.6 Å². The van der Waals surface area contributed by atoms with E-state index in [-0.39, 0.29) is 18.6 Å². The van der Waals surface area contributed by atoms with Crippen LogP contribution < -0.4 is 20.9 Å². The molecule has 0 aromatic heterocycles. The molecule has 3 N–H and O–H groups in total. The Balaban J connectivity index is 1.42. The third-order valence-electron chi connectivity index (χ3n) is 4.92. The molecule has 126 valence electrons. The first kappa shape index (κ1) is 16.3. The number of carbonyl (C=O) groups excluding carboxylic acids is 1. The summed E-state index contributed by atoms with van der Waals surface area (Å²) < 4.78 is 5.59.